The van der Waals surface area contributed by atoms with Crippen molar-refractivity contribution < 1.29 is 47.5 Å². The SMILES string of the molecule is CC/C=C/C=C/C=C/C=C/C=C/CCCC(=O)OC(COC(=O)CCCCCCCCCCCCCCCCCCCCCCCCC)COP(=O)(O)OC[C@H](N)C(=O)O. The van der Waals surface area contributed by atoms with Gasteiger partial charge in [-0.25, -0.2) is 4.57 Å². The molecular formula is C48H84NO10P. The van der Waals surface area contributed by atoms with E-state index in [0.29, 0.717) is 19.3 Å². The minimum absolute atomic E-state index is 0.0642. The Bertz CT molecular complexity index is 1250. The van der Waals surface area contributed by atoms with E-state index in [2.05, 4.69) is 24.4 Å². The van der Waals surface area contributed by atoms with Crippen molar-refractivity contribution in [2.45, 2.75) is 206 Å². The fraction of sp³-hybridized carbons (Fsp3) is 0.729. The number of ether oxygens (including phenoxy) is 2. The molecule has 0 aromatic heterocycles. The lowest BCUT2D eigenvalue weighted by molar-refractivity contribution is -0.161. The van der Waals surface area contributed by atoms with Crippen LogP contribution in [-0.4, -0.2) is 59.9 Å². The molecule has 0 saturated carbocycles. The second kappa shape index (κ2) is 42.9. The Kier molecular flexibility index (Phi) is 40.8. The van der Waals surface area contributed by atoms with Crippen molar-refractivity contribution in [2.24, 2.45) is 5.73 Å². The summed E-state index contributed by atoms with van der Waals surface area (Å²) in [6.07, 6.45) is 50.3. The lowest BCUT2D eigenvalue weighted by Crippen LogP contribution is -2.34. The highest BCUT2D eigenvalue weighted by atomic mass is 31.2. The number of hydrogen-bond acceptors (Lipinski definition) is 9. The van der Waals surface area contributed by atoms with E-state index in [0.717, 1.165) is 25.7 Å². The molecule has 0 radical (unpaired) electrons. The van der Waals surface area contributed by atoms with Gasteiger partial charge in [0.05, 0.1) is 13.2 Å². The molecule has 60 heavy (non-hydrogen) atoms. The molecule has 0 aliphatic carbocycles. The van der Waals surface area contributed by atoms with Crippen LogP contribution in [0.2, 0.25) is 0 Å². The van der Waals surface area contributed by atoms with Gasteiger partial charge < -0.3 is 25.2 Å². The van der Waals surface area contributed by atoms with Crippen LogP contribution >= 0.6 is 7.82 Å². The molecule has 0 heterocycles. The van der Waals surface area contributed by atoms with Crippen molar-refractivity contribution >= 4 is 25.7 Å². The Balaban J connectivity index is 4.26. The van der Waals surface area contributed by atoms with Crippen LogP contribution in [0.4, 0.5) is 0 Å². The molecule has 0 aromatic carbocycles. The quantitative estimate of drug-likeness (QED) is 0.0230. The minimum atomic E-state index is -4.74. The molecule has 2 unspecified atom stereocenters. The maximum absolute atomic E-state index is 12.6. The highest BCUT2D eigenvalue weighted by Crippen LogP contribution is 2.43. The van der Waals surface area contributed by atoms with E-state index in [1.165, 1.54) is 122 Å². The van der Waals surface area contributed by atoms with Crippen molar-refractivity contribution in [3.8, 4) is 0 Å². The van der Waals surface area contributed by atoms with E-state index < -0.39 is 51.1 Å². The number of hydrogen-bond donors (Lipinski definition) is 3. The zero-order chi connectivity index (χ0) is 44.2. The highest BCUT2D eigenvalue weighted by Gasteiger charge is 2.28. The molecule has 0 aliphatic heterocycles. The van der Waals surface area contributed by atoms with Gasteiger partial charge in [0.25, 0.3) is 0 Å². The van der Waals surface area contributed by atoms with Crippen molar-refractivity contribution in [3.05, 3.63) is 60.8 Å². The van der Waals surface area contributed by atoms with Crippen LogP contribution in [-0.2, 0) is 37.5 Å². The number of phosphoric ester groups is 1. The Morgan fingerprint density at radius 2 is 0.933 bits per heavy atom. The normalized spacial score (nSPS) is 14.2. The van der Waals surface area contributed by atoms with Crippen molar-refractivity contribution in [1.29, 1.82) is 0 Å². The summed E-state index contributed by atoms with van der Waals surface area (Å²) in [5.41, 5.74) is 5.33. The molecule has 0 rings (SSSR count). The number of carbonyl (C=O) groups excluding carboxylic acids is 2. The van der Waals surface area contributed by atoms with Crippen LogP contribution in [0, 0.1) is 0 Å². The van der Waals surface area contributed by atoms with E-state index in [4.69, 9.17) is 24.8 Å². The topological polar surface area (TPSA) is 172 Å². The van der Waals surface area contributed by atoms with Crippen LogP contribution in [0.1, 0.15) is 194 Å². The van der Waals surface area contributed by atoms with Crippen LogP contribution in [0.3, 0.4) is 0 Å². The van der Waals surface area contributed by atoms with Gasteiger partial charge in [-0.15, -0.1) is 0 Å². The molecule has 0 bridgehead atoms. The van der Waals surface area contributed by atoms with Gasteiger partial charge in [0.2, 0.25) is 0 Å². The highest BCUT2D eigenvalue weighted by molar-refractivity contribution is 7.47. The average molecular weight is 866 g/mol. The van der Waals surface area contributed by atoms with E-state index in [9.17, 15) is 23.8 Å². The smallest absolute Gasteiger partial charge is 0.472 e. The Morgan fingerprint density at radius 1 is 0.533 bits per heavy atom. The van der Waals surface area contributed by atoms with Crippen LogP contribution in [0.15, 0.2) is 60.8 Å². The summed E-state index contributed by atoms with van der Waals surface area (Å²) in [7, 11) is -4.74. The van der Waals surface area contributed by atoms with Gasteiger partial charge in [-0.05, 0) is 25.7 Å². The van der Waals surface area contributed by atoms with Gasteiger partial charge in [-0.3, -0.25) is 23.4 Å². The molecule has 11 nitrogen and oxygen atoms in total. The van der Waals surface area contributed by atoms with E-state index >= 15 is 0 Å². The molecule has 346 valence electrons. The fourth-order valence-corrected chi connectivity index (χ4v) is 7.05. The monoisotopic (exact) mass is 866 g/mol. The van der Waals surface area contributed by atoms with Gasteiger partial charge in [0, 0.05) is 12.8 Å². The number of nitrogens with two attached hydrogens (primary N) is 1. The molecule has 3 atom stereocenters. The lowest BCUT2D eigenvalue weighted by Gasteiger charge is -2.20. The third-order valence-corrected chi connectivity index (χ3v) is 10.9. The molecule has 0 amide bonds. The maximum Gasteiger partial charge on any atom is 0.472 e. The number of esters is 2. The number of allylic oxidation sites excluding steroid dienone is 10. The molecule has 0 aliphatic rings. The maximum atomic E-state index is 12.6. The van der Waals surface area contributed by atoms with Gasteiger partial charge in [0.15, 0.2) is 6.10 Å². The van der Waals surface area contributed by atoms with Crippen molar-refractivity contribution in [3.63, 3.8) is 0 Å². The second-order valence-electron chi connectivity index (χ2n) is 15.6. The van der Waals surface area contributed by atoms with Crippen LogP contribution < -0.4 is 5.73 Å². The first-order valence-corrected chi connectivity index (χ1v) is 24.9. The summed E-state index contributed by atoms with van der Waals surface area (Å²) in [5, 5.41) is 8.89. The van der Waals surface area contributed by atoms with Crippen LogP contribution in [0.5, 0.6) is 0 Å². The fourth-order valence-electron chi connectivity index (χ4n) is 6.27. The van der Waals surface area contributed by atoms with Gasteiger partial charge in [0.1, 0.15) is 12.6 Å². The Labute approximate surface area is 364 Å². The minimum Gasteiger partial charge on any atom is -0.480 e. The third kappa shape index (κ3) is 41.9. The second-order valence-corrected chi connectivity index (χ2v) is 17.1. The lowest BCUT2D eigenvalue weighted by atomic mass is 10.0. The van der Waals surface area contributed by atoms with E-state index in [1.807, 2.05) is 54.7 Å². The molecule has 0 fully saturated rings. The van der Waals surface area contributed by atoms with Gasteiger partial charge in [-0.2, -0.15) is 0 Å². The van der Waals surface area contributed by atoms with Gasteiger partial charge in [-0.1, -0.05) is 216 Å². The number of unbranched alkanes of at least 4 members (excludes halogenated alkanes) is 23. The summed E-state index contributed by atoms with van der Waals surface area (Å²) >= 11 is 0. The summed E-state index contributed by atoms with van der Waals surface area (Å²) < 4.78 is 32.6. The number of carbonyl (C=O) groups is 3. The molecule has 0 spiro atoms. The number of aliphatic carboxylic acids is 1. The number of carboxylic acid groups (broad SMARTS) is 1. The van der Waals surface area contributed by atoms with Crippen LogP contribution in [0.25, 0.3) is 0 Å². The first-order chi connectivity index (χ1) is 29.1. The zero-order valence-corrected chi connectivity index (χ0v) is 38.4. The van der Waals surface area contributed by atoms with Gasteiger partial charge >= 0.3 is 25.7 Å². The largest absolute Gasteiger partial charge is 0.480 e. The predicted octanol–water partition coefficient (Wildman–Crippen LogP) is 12.7. The molecule has 0 saturated heterocycles. The van der Waals surface area contributed by atoms with E-state index in [1.54, 1.807) is 0 Å². The van der Waals surface area contributed by atoms with Crippen molar-refractivity contribution in [1.82, 2.24) is 0 Å². The summed E-state index contributed by atoms with van der Waals surface area (Å²) in [6, 6.07) is -1.53. The first kappa shape index (κ1) is 57.2. The predicted molar refractivity (Wildman–Crippen MR) is 245 cm³/mol. The summed E-state index contributed by atoms with van der Waals surface area (Å²) in [6.45, 7) is 2.60. The Hall–Kier alpha value is -2.82. The number of rotatable bonds is 43. The summed E-state index contributed by atoms with van der Waals surface area (Å²) in [5.74, 6) is -2.47. The molecular weight excluding hydrogens is 781 g/mol. The zero-order valence-electron chi connectivity index (χ0n) is 37.5. The number of carboxylic acids is 1. The molecule has 0 aromatic rings. The molecule has 4 N–H and O–H groups in total. The Morgan fingerprint density at radius 3 is 1.38 bits per heavy atom. The molecule has 12 heteroatoms. The van der Waals surface area contributed by atoms with E-state index in [-0.39, 0.29) is 19.4 Å². The standard InChI is InChI=1S/C48H84NO10P/c1-3-5-7-9-11-13-15-17-18-19-20-21-22-23-24-25-26-28-29-31-33-35-37-39-46(50)56-41-44(42-57-60(54,55)58-43-45(49)48(52)53)59-47(51)40-38-36-34-32-30-27-16-14-12-10-8-6-4-2/h6,8,10,12,14,16,27,30,32,34,44-45H,3-5,7,9,11,13,15,17-26,28-29,31,33,35-43,49H2,1-2H3,(H,52,53)(H,54,55)/b8-6+,12-10+,16-14+,30-27+,34-32+/t44?,45-/m0/s1. The average Bonchev–Trinajstić information content (AvgIpc) is 3.22. The number of phosphoric acid groups is 1. The summed E-state index contributed by atoms with van der Waals surface area (Å²) in [4.78, 5) is 45.9. The third-order valence-electron chi connectivity index (χ3n) is 9.91. The first-order valence-electron chi connectivity index (χ1n) is 23.4. The van der Waals surface area contributed by atoms with Crippen molar-refractivity contribution in [2.75, 3.05) is 19.8 Å².